The van der Waals surface area contributed by atoms with Gasteiger partial charge in [0.15, 0.2) is 11.6 Å². The standard InChI is InChI=1S/C19H19F2N5O2/c20-15-3-2-14(11-16(15)21)26-12-13(10-17(26)27)18(28)24-6-8-25(9-7-24)19-22-4-1-5-23-19/h1-5,11,13H,6-10,12H2. The van der Waals surface area contributed by atoms with E-state index in [4.69, 9.17) is 0 Å². The zero-order chi connectivity index (χ0) is 19.7. The van der Waals surface area contributed by atoms with Gasteiger partial charge in [-0.1, -0.05) is 0 Å². The molecule has 1 atom stereocenters. The van der Waals surface area contributed by atoms with Gasteiger partial charge in [0, 0.05) is 63.3 Å². The number of carbonyl (C=O) groups is 2. The number of anilines is 2. The van der Waals surface area contributed by atoms with Gasteiger partial charge in [-0.05, 0) is 18.2 Å². The zero-order valence-corrected chi connectivity index (χ0v) is 15.1. The third-order valence-electron chi connectivity index (χ3n) is 5.12. The number of benzene rings is 1. The van der Waals surface area contributed by atoms with Gasteiger partial charge in [0.25, 0.3) is 0 Å². The number of aromatic nitrogens is 2. The topological polar surface area (TPSA) is 69.6 Å². The average molecular weight is 387 g/mol. The van der Waals surface area contributed by atoms with Crippen LogP contribution >= 0.6 is 0 Å². The number of amides is 2. The first-order valence-electron chi connectivity index (χ1n) is 9.09. The van der Waals surface area contributed by atoms with Crippen LogP contribution in [0.4, 0.5) is 20.4 Å². The number of hydrogen-bond acceptors (Lipinski definition) is 5. The molecule has 1 unspecified atom stereocenters. The Morgan fingerprint density at radius 3 is 2.43 bits per heavy atom. The van der Waals surface area contributed by atoms with Crippen molar-refractivity contribution in [2.75, 3.05) is 42.5 Å². The van der Waals surface area contributed by atoms with E-state index < -0.39 is 17.6 Å². The van der Waals surface area contributed by atoms with E-state index in [1.807, 2.05) is 4.90 Å². The summed E-state index contributed by atoms with van der Waals surface area (Å²) in [6, 6.07) is 5.07. The molecular weight excluding hydrogens is 368 g/mol. The Balaban J connectivity index is 1.38. The lowest BCUT2D eigenvalue weighted by Crippen LogP contribution is -2.51. The predicted octanol–water partition coefficient (Wildman–Crippen LogP) is 1.46. The Labute approximate surface area is 160 Å². The van der Waals surface area contributed by atoms with Gasteiger partial charge in [0.05, 0.1) is 5.92 Å². The third-order valence-corrected chi connectivity index (χ3v) is 5.12. The van der Waals surface area contributed by atoms with Crippen molar-refractivity contribution in [3.8, 4) is 0 Å². The van der Waals surface area contributed by atoms with Gasteiger partial charge in [-0.2, -0.15) is 0 Å². The van der Waals surface area contributed by atoms with Crippen molar-refractivity contribution in [1.29, 1.82) is 0 Å². The number of rotatable bonds is 3. The van der Waals surface area contributed by atoms with Gasteiger partial charge in [-0.25, -0.2) is 18.7 Å². The van der Waals surface area contributed by atoms with Crippen LogP contribution in [-0.2, 0) is 9.59 Å². The summed E-state index contributed by atoms with van der Waals surface area (Å²) in [7, 11) is 0. The molecule has 2 aliphatic rings. The first-order chi connectivity index (χ1) is 13.5. The van der Waals surface area contributed by atoms with Crippen LogP contribution in [0.2, 0.25) is 0 Å². The highest BCUT2D eigenvalue weighted by Crippen LogP contribution is 2.28. The first-order valence-corrected chi connectivity index (χ1v) is 9.09. The van der Waals surface area contributed by atoms with Gasteiger partial charge in [-0.3, -0.25) is 9.59 Å². The van der Waals surface area contributed by atoms with Crippen molar-refractivity contribution < 1.29 is 18.4 Å². The molecule has 2 saturated heterocycles. The van der Waals surface area contributed by atoms with Crippen LogP contribution < -0.4 is 9.80 Å². The van der Waals surface area contributed by atoms with E-state index in [9.17, 15) is 18.4 Å². The van der Waals surface area contributed by atoms with Crippen LogP contribution in [0.5, 0.6) is 0 Å². The molecule has 1 aromatic heterocycles. The second-order valence-corrected chi connectivity index (χ2v) is 6.86. The number of piperazine rings is 1. The fourth-order valence-electron chi connectivity index (χ4n) is 3.62. The summed E-state index contributed by atoms with van der Waals surface area (Å²) in [5.41, 5.74) is 0.269. The summed E-state index contributed by atoms with van der Waals surface area (Å²) in [4.78, 5) is 38.7. The molecule has 0 bridgehead atoms. The number of halogens is 2. The molecule has 0 N–H and O–H groups in total. The Kier molecular flexibility index (Phi) is 4.89. The molecular formula is C19H19F2N5O2. The predicted molar refractivity (Wildman–Crippen MR) is 97.6 cm³/mol. The number of nitrogens with zero attached hydrogens (tertiary/aromatic N) is 5. The normalized spacial score (nSPS) is 20.0. The van der Waals surface area contributed by atoms with Gasteiger partial charge in [0.2, 0.25) is 17.8 Å². The second-order valence-electron chi connectivity index (χ2n) is 6.86. The van der Waals surface area contributed by atoms with E-state index in [0.717, 1.165) is 12.1 Å². The van der Waals surface area contributed by atoms with E-state index in [1.165, 1.54) is 11.0 Å². The molecule has 2 aliphatic heterocycles. The van der Waals surface area contributed by atoms with E-state index in [0.29, 0.717) is 32.1 Å². The molecule has 1 aromatic carbocycles. The SMILES string of the molecule is O=C(C1CC(=O)N(c2ccc(F)c(F)c2)C1)N1CCN(c2ncccn2)CC1. The van der Waals surface area contributed by atoms with Gasteiger partial charge in [-0.15, -0.1) is 0 Å². The smallest absolute Gasteiger partial charge is 0.228 e. The van der Waals surface area contributed by atoms with E-state index in [-0.39, 0.29) is 30.5 Å². The molecule has 0 spiro atoms. The minimum Gasteiger partial charge on any atom is -0.339 e. The van der Waals surface area contributed by atoms with Crippen molar-refractivity contribution in [1.82, 2.24) is 14.9 Å². The molecule has 0 radical (unpaired) electrons. The molecule has 2 fully saturated rings. The maximum Gasteiger partial charge on any atom is 0.228 e. The van der Waals surface area contributed by atoms with Crippen LogP contribution in [-0.4, -0.2) is 59.4 Å². The van der Waals surface area contributed by atoms with Crippen LogP contribution in [0.25, 0.3) is 0 Å². The van der Waals surface area contributed by atoms with Crippen LogP contribution in [0, 0.1) is 17.6 Å². The minimum atomic E-state index is -1.01. The quantitative estimate of drug-likeness (QED) is 0.798. The first kappa shape index (κ1) is 18.3. The maximum absolute atomic E-state index is 13.5. The summed E-state index contributed by atoms with van der Waals surface area (Å²) < 4.78 is 26.6. The highest BCUT2D eigenvalue weighted by atomic mass is 19.2. The van der Waals surface area contributed by atoms with Crippen molar-refractivity contribution in [3.05, 3.63) is 48.3 Å². The Bertz CT molecular complexity index is 887. The highest BCUT2D eigenvalue weighted by Gasteiger charge is 2.38. The fraction of sp³-hybridized carbons (Fsp3) is 0.368. The van der Waals surface area contributed by atoms with Crippen molar-refractivity contribution in [3.63, 3.8) is 0 Å². The Morgan fingerprint density at radius 2 is 1.75 bits per heavy atom. The molecule has 0 aliphatic carbocycles. The average Bonchev–Trinajstić information content (AvgIpc) is 3.12. The molecule has 2 amide bonds. The van der Waals surface area contributed by atoms with Gasteiger partial charge < -0.3 is 14.7 Å². The highest BCUT2D eigenvalue weighted by molar-refractivity contribution is 6.00. The van der Waals surface area contributed by atoms with Gasteiger partial charge in [0.1, 0.15) is 0 Å². The Morgan fingerprint density at radius 1 is 1.04 bits per heavy atom. The molecule has 2 aromatic rings. The largest absolute Gasteiger partial charge is 0.339 e. The molecule has 28 heavy (non-hydrogen) atoms. The zero-order valence-electron chi connectivity index (χ0n) is 15.1. The summed E-state index contributed by atoms with van der Waals surface area (Å²) in [5, 5.41) is 0. The molecule has 146 valence electrons. The van der Waals surface area contributed by atoms with Crippen LogP contribution in [0.15, 0.2) is 36.7 Å². The summed E-state index contributed by atoms with van der Waals surface area (Å²) in [6.45, 7) is 2.44. The molecule has 4 rings (SSSR count). The number of hydrogen-bond donors (Lipinski definition) is 0. The molecule has 7 nitrogen and oxygen atoms in total. The fourth-order valence-corrected chi connectivity index (χ4v) is 3.62. The monoisotopic (exact) mass is 387 g/mol. The summed E-state index contributed by atoms with van der Waals surface area (Å²) in [5.74, 6) is -2.19. The summed E-state index contributed by atoms with van der Waals surface area (Å²) >= 11 is 0. The van der Waals surface area contributed by atoms with E-state index >= 15 is 0 Å². The minimum absolute atomic E-state index is 0.0693. The lowest BCUT2D eigenvalue weighted by molar-refractivity contribution is -0.136. The van der Waals surface area contributed by atoms with Crippen LogP contribution in [0.3, 0.4) is 0 Å². The third kappa shape index (κ3) is 3.51. The molecule has 0 saturated carbocycles. The van der Waals surface area contributed by atoms with E-state index in [2.05, 4.69) is 9.97 Å². The van der Waals surface area contributed by atoms with Crippen molar-refractivity contribution >= 4 is 23.5 Å². The lowest BCUT2D eigenvalue weighted by Gasteiger charge is -2.35. The van der Waals surface area contributed by atoms with E-state index in [1.54, 1.807) is 23.4 Å². The van der Waals surface area contributed by atoms with Crippen molar-refractivity contribution in [2.24, 2.45) is 5.92 Å². The summed E-state index contributed by atoms with van der Waals surface area (Å²) in [6.07, 6.45) is 3.42. The lowest BCUT2D eigenvalue weighted by atomic mass is 10.1. The molecule has 3 heterocycles. The van der Waals surface area contributed by atoms with Crippen molar-refractivity contribution in [2.45, 2.75) is 6.42 Å². The molecule has 9 heteroatoms. The van der Waals surface area contributed by atoms with Crippen LogP contribution in [0.1, 0.15) is 6.42 Å². The van der Waals surface area contributed by atoms with Gasteiger partial charge >= 0.3 is 0 Å². The Hall–Kier alpha value is -3.10. The maximum atomic E-state index is 13.5. The second kappa shape index (κ2) is 7.49. The number of carbonyl (C=O) groups excluding carboxylic acids is 2.